The smallest absolute Gasteiger partial charge is 0.265 e. The second-order valence-corrected chi connectivity index (χ2v) is 7.16. The molecule has 1 aromatic carbocycles. The summed E-state index contributed by atoms with van der Waals surface area (Å²) in [6.07, 6.45) is 1.36. The summed E-state index contributed by atoms with van der Waals surface area (Å²) in [6, 6.07) is 6.35. The van der Waals surface area contributed by atoms with E-state index in [2.05, 4.69) is 25.6 Å². The predicted octanol–water partition coefficient (Wildman–Crippen LogP) is 3.62. The summed E-state index contributed by atoms with van der Waals surface area (Å²) in [6.45, 7) is 1.74. The third-order valence-electron chi connectivity index (χ3n) is 2.68. The van der Waals surface area contributed by atoms with Crippen LogP contribution in [0.1, 0.15) is 5.56 Å². The van der Waals surface area contributed by atoms with Gasteiger partial charge in [0.2, 0.25) is 0 Å². The van der Waals surface area contributed by atoms with Crippen LogP contribution < -0.4 is 9.46 Å². The highest BCUT2D eigenvalue weighted by Crippen LogP contribution is 2.29. The quantitative estimate of drug-likeness (QED) is 0.808. The molecule has 0 bridgehead atoms. The van der Waals surface area contributed by atoms with Gasteiger partial charge in [0.05, 0.1) is 19.0 Å². The maximum absolute atomic E-state index is 12.5. The fourth-order valence-electron chi connectivity index (χ4n) is 1.68. The zero-order valence-corrected chi connectivity index (χ0v) is 14.4. The van der Waals surface area contributed by atoms with Gasteiger partial charge in [-0.15, -0.1) is 0 Å². The van der Waals surface area contributed by atoms with E-state index >= 15 is 0 Å². The largest absolute Gasteiger partial charge is 0.495 e. The van der Waals surface area contributed by atoms with Gasteiger partial charge in [-0.3, -0.25) is 4.72 Å². The van der Waals surface area contributed by atoms with Gasteiger partial charge in [-0.2, -0.15) is 0 Å². The lowest BCUT2D eigenvalue weighted by Gasteiger charge is -2.12. The molecular formula is C13H12BrClN2O3S. The molecule has 0 unspecified atom stereocenters. The molecule has 1 N–H and O–H groups in total. The van der Waals surface area contributed by atoms with Gasteiger partial charge in [-0.05, 0) is 36.8 Å². The standard InChI is InChI=1S/C13H12BrClN2O3S/c1-8-5-10(7-16-13(8)15)17-21(18,19)12-6-9(14)3-4-11(12)20-2/h3-7,17H,1-2H3. The molecule has 0 aliphatic rings. The molecule has 0 aliphatic carbocycles. The molecule has 2 rings (SSSR count). The number of ether oxygens (including phenoxy) is 1. The average molecular weight is 392 g/mol. The van der Waals surface area contributed by atoms with E-state index in [-0.39, 0.29) is 10.6 Å². The Bertz CT molecular complexity index is 781. The number of anilines is 1. The van der Waals surface area contributed by atoms with Crippen LogP contribution in [0.25, 0.3) is 0 Å². The highest BCUT2D eigenvalue weighted by molar-refractivity contribution is 9.10. The Kier molecular flexibility index (Phi) is 4.75. The first-order valence-electron chi connectivity index (χ1n) is 5.82. The van der Waals surface area contributed by atoms with Crippen molar-refractivity contribution in [1.82, 2.24) is 4.98 Å². The lowest BCUT2D eigenvalue weighted by molar-refractivity contribution is 0.403. The number of nitrogens with one attached hydrogen (secondary N) is 1. The molecule has 0 saturated heterocycles. The normalized spacial score (nSPS) is 11.2. The zero-order valence-electron chi connectivity index (χ0n) is 11.2. The Morgan fingerprint density at radius 3 is 2.67 bits per heavy atom. The number of benzene rings is 1. The minimum atomic E-state index is -3.80. The Morgan fingerprint density at radius 1 is 1.33 bits per heavy atom. The molecule has 1 heterocycles. The van der Waals surface area contributed by atoms with Crippen molar-refractivity contribution in [2.24, 2.45) is 0 Å². The molecule has 0 aliphatic heterocycles. The van der Waals surface area contributed by atoms with Crippen molar-refractivity contribution in [1.29, 1.82) is 0 Å². The number of sulfonamides is 1. The van der Waals surface area contributed by atoms with Gasteiger partial charge >= 0.3 is 0 Å². The minimum absolute atomic E-state index is 0.0342. The van der Waals surface area contributed by atoms with Gasteiger partial charge in [0.1, 0.15) is 15.8 Å². The van der Waals surface area contributed by atoms with Crippen molar-refractivity contribution >= 4 is 43.2 Å². The number of aromatic nitrogens is 1. The molecule has 0 spiro atoms. The van der Waals surface area contributed by atoms with Gasteiger partial charge in [-0.1, -0.05) is 27.5 Å². The van der Waals surface area contributed by atoms with E-state index in [9.17, 15) is 8.42 Å². The van der Waals surface area contributed by atoms with E-state index in [1.54, 1.807) is 25.1 Å². The summed E-state index contributed by atoms with van der Waals surface area (Å²) in [7, 11) is -2.38. The van der Waals surface area contributed by atoms with E-state index in [1.165, 1.54) is 19.4 Å². The van der Waals surface area contributed by atoms with E-state index in [0.717, 1.165) is 0 Å². The molecule has 0 fully saturated rings. The molecular weight excluding hydrogens is 380 g/mol. The van der Waals surface area contributed by atoms with E-state index in [0.29, 0.717) is 20.9 Å². The fourth-order valence-corrected chi connectivity index (χ4v) is 3.53. The number of halogens is 2. The Labute approximate surface area is 136 Å². The van der Waals surface area contributed by atoms with Crippen molar-refractivity contribution in [3.8, 4) is 5.75 Å². The molecule has 112 valence electrons. The third kappa shape index (κ3) is 3.66. The number of hydrogen-bond acceptors (Lipinski definition) is 4. The van der Waals surface area contributed by atoms with Crippen LogP contribution in [0.15, 0.2) is 39.8 Å². The Morgan fingerprint density at radius 2 is 2.05 bits per heavy atom. The van der Waals surface area contributed by atoms with Crippen LogP contribution in [0.5, 0.6) is 5.75 Å². The first-order valence-corrected chi connectivity index (χ1v) is 8.47. The average Bonchev–Trinajstić information content (AvgIpc) is 2.42. The second-order valence-electron chi connectivity index (χ2n) is 4.23. The highest BCUT2D eigenvalue weighted by Gasteiger charge is 2.20. The SMILES string of the molecule is COc1ccc(Br)cc1S(=O)(=O)Nc1cnc(Cl)c(C)c1. The number of hydrogen-bond donors (Lipinski definition) is 1. The van der Waals surface area contributed by atoms with Crippen LogP contribution in [-0.4, -0.2) is 20.5 Å². The van der Waals surface area contributed by atoms with Crippen molar-refractivity contribution in [3.05, 3.63) is 45.7 Å². The molecule has 2 aromatic rings. The number of rotatable bonds is 4. The number of nitrogens with zero attached hydrogens (tertiary/aromatic N) is 1. The Balaban J connectivity index is 2.42. The highest BCUT2D eigenvalue weighted by atomic mass is 79.9. The Hall–Kier alpha value is -1.31. The van der Waals surface area contributed by atoms with Gasteiger partial charge in [0.25, 0.3) is 10.0 Å². The van der Waals surface area contributed by atoms with Crippen LogP contribution in [0.2, 0.25) is 5.15 Å². The third-order valence-corrected chi connectivity index (χ3v) is 4.97. The van der Waals surface area contributed by atoms with Crippen LogP contribution in [0.4, 0.5) is 5.69 Å². The first-order chi connectivity index (χ1) is 9.83. The van der Waals surface area contributed by atoms with Crippen LogP contribution >= 0.6 is 27.5 Å². The summed E-state index contributed by atoms with van der Waals surface area (Å²) in [5, 5.41) is 0.331. The van der Waals surface area contributed by atoms with Gasteiger partial charge in [-0.25, -0.2) is 13.4 Å². The maximum Gasteiger partial charge on any atom is 0.265 e. The minimum Gasteiger partial charge on any atom is -0.495 e. The summed E-state index contributed by atoms with van der Waals surface area (Å²) in [4.78, 5) is 3.95. The van der Waals surface area contributed by atoms with E-state index in [4.69, 9.17) is 16.3 Å². The van der Waals surface area contributed by atoms with Crippen molar-refractivity contribution in [3.63, 3.8) is 0 Å². The predicted molar refractivity (Wildman–Crippen MR) is 85.5 cm³/mol. The van der Waals surface area contributed by atoms with E-state index in [1.807, 2.05) is 0 Å². The van der Waals surface area contributed by atoms with Gasteiger partial charge in [0.15, 0.2) is 0 Å². The molecule has 0 amide bonds. The lowest BCUT2D eigenvalue weighted by atomic mass is 10.3. The molecule has 5 nitrogen and oxygen atoms in total. The lowest BCUT2D eigenvalue weighted by Crippen LogP contribution is -2.14. The molecule has 1 aromatic heterocycles. The fraction of sp³-hybridized carbons (Fsp3) is 0.154. The molecule has 0 atom stereocenters. The molecule has 0 saturated carbocycles. The van der Waals surface area contributed by atoms with Crippen LogP contribution in [0, 0.1) is 6.92 Å². The summed E-state index contributed by atoms with van der Waals surface area (Å²) in [5.41, 5.74) is 1.01. The zero-order chi connectivity index (χ0) is 15.6. The number of pyridine rings is 1. The first kappa shape index (κ1) is 16.1. The monoisotopic (exact) mass is 390 g/mol. The molecule has 8 heteroatoms. The second kappa shape index (κ2) is 6.21. The molecule has 0 radical (unpaired) electrons. The summed E-state index contributed by atoms with van der Waals surface area (Å²) in [5.74, 6) is 0.254. The molecule has 21 heavy (non-hydrogen) atoms. The number of methoxy groups -OCH3 is 1. The maximum atomic E-state index is 12.5. The summed E-state index contributed by atoms with van der Waals surface area (Å²) < 4.78 is 33.1. The van der Waals surface area contributed by atoms with Crippen molar-refractivity contribution in [2.45, 2.75) is 11.8 Å². The van der Waals surface area contributed by atoms with Gasteiger partial charge < -0.3 is 4.74 Å². The van der Waals surface area contributed by atoms with Crippen molar-refractivity contribution < 1.29 is 13.2 Å². The van der Waals surface area contributed by atoms with Crippen LogP contribution in [-0.2, 0) is 10.0 Å². The van der Waals surface area contributed by atoms with Gasteiger partial charge in [0, 0.05) is 4.47 Å². The van der Waals surface area contributed by atoms with Crippen LogP contribution in [0.3, 0.4) is 0 Å². The van der Waals surface area contributed by atoms with E-state index < -0.39 is 10.0 Å². The number of aryl methyl sites for hydroxylation is 1. The van der Waals surface area contributed by atoms with Crippen molar-refractivity contribution in [2.75, 3.05) is 11.8 Å². The topological polar surface area (TPSA) is 68.3 Å². The summed E-state index contributed by atoms with van der Waals surface area (Å²) >= 11 is 9.07.